The van der Waals surface area contributed by atoms with Crippen LogP contribution in [0.15, 0.2) is 23.8 Å². The fourth-order valence-corrected chi connectivity index (χ4v) is 1.55. The third-order valence-corrected chi connectivity index (χ3v) is 2.47. The number of ether oxygens (including phenoxy) is 2. The van der Waals surface area contributed by atoms with Crippen molar-refractivity contribution in [3.05, 3.63) is 29.3 Å². The van der Waals surface area contributed by atoms with Crippen LogP contribution in [0.1, 0.15) is 19.4 Å². The van der Waals surface area contributed by atoms with Crippen LogP contribution in [0, 0.1) is 11.3 Å². The van der Waals surface area contributed by atoms with Crippen molar-refractivity contribution in [2.24, 2.45) is 5.73 Å². The molecule has 0 saturated carbocycles. The Morgan fingerprint density at radius 1 is 1.42 bits per heavy atom. The molecule has 0 saturated heterocycles. The first kappa shape index (κ1) is 15.0. The monoisotopic (exact) mass is 276 g/mol. The molecule has 0 heterocycles. The second kappa shape index (κ2) is 6.76. The SMILES string of the molecule is COc1cc(/C=C(/C#N)C(N)=S)ccc1OC(C)C. The van der Waals surface area contributed by atoms with Crippen molar-refractivity contribution in [1.82, 2.24) is 0 Å². The van der Waals surface area contributed by atoms with Crippen LogP contribution in [-0.2, 0) is 0 Å². The second-order valence-corrected chi connectivity index (χ2v) is 4.55. The van der Waals surface area contributed by atoms with E-state index in [1.165, 1.54) is 0 Å². The molecule has 0 aromatic heterocycles. The van der Waals surface area contributed by atoms with Gasteiger partial charge in [0.15, 0.2) is 11.5 Å². The number of benzene rings is 1. The van der Waals surface area contributed by atoms with Crippen molar-refractivity contribution in [3.8, 4) is 17.6 Å². The zero-order valence-electron chi connectivity index (χ0n) is 11.1. The molecule has 1 aromatic carbocycles. The zero-order valence-corrected chi connectivity index (χ0v) is 12.0. The molecule has 0 aliphatic carbocycles. The van der Waals surface area contributed by atoms with Gasteiger partial charge in [0.05, 0.1) is 18.8 Å². The maximum absolute atomic E-state index is 8.92. The molecule has 2 N–H and O–H groups in total. The summed E-state index contributed by atoms with van der Waals surface area (Å²) in [6.45, 7) is 3.88. The van der Waals surface area contributed by atoms with Gasteiger partial charge in [-0.2, -0.15) is 5.26 Å². The number of methoxy groups -OCH3 is 1. The standard InChI is InChI=1S/C14H16N2O2S/c1-9(2)18-12-5-4-10(7-13(12)17-3)6-11(8-15)14(16)19/h4-7,9H,1-3H3,(H2,16,19)/b11-6-. The van der Waals surface area contributed by atoms with Gasteiger partial charge in [-0.3, -0.25) is 0 Å². The lowest BCUT2D eigenvalue weighted by molar-refractivity contribution is 0.230. The van der Waals surface area contributed by atoms with Crippen molar-refractivity contribution >= 4 is 23.3 Å². The molecule has 0 unspecified atom stereocenters. The maximum Gasteiger partial charge on any atom is 0.161 e. The number of hydrogen-bond donors (Lipinski definition) is 1. The summed E-state index contributed by atoms with van der Waals surface area (Å²) in [6, 6.07) is 7.33. The molecule has 0 atom stereocenters. The Bertz CT molecular complexity index is 545. The number of thiocarbonyl (C=S) groups is 1. The fourth-order valence-electron chi connectivity index (χ4n) is 1.45. The number of nitriles is 1. The third-order valence-electron chi connectivity index (χ3n) is 2.25. The van der Waals surface area contributed by atoms with E-state index in [0.29, 0.717) is 11.5 Å². The Labute approximate surface area is 118 Å². The van der Waals surface area contributed by atoms with E-state index < -0.39 is 0 Å². The molecule has 5 heteroatoms. The smallest absolute Gasteiger partial charge is 0.161 e. The van der Waals surface area contributed by atoms with Gasteiger partial charge in [-0.05, 0) is 37.6 Å². The normalized spacial score (nSPS) is 11.0. The number of nitrogens with zero attached hydrogens (tertiary/aromatic N) is 1. The van der Waals surface area contributed by atoms with E-state index >= 15 is 0 Å². The summed E-state index contributed by atoms with van der Waals surface area (Å²) in [5, 5.41) is 8.92. The van der Waals surface area contributed by atoms with Crippen LogP contribution in [0.5, 0.6) is 11.5 Å². The summed E-state index contributed by atoms with van der Waals surface area (Å²) in [5.41, 5.74) is 6.48. The van der Waals surface area contributed by atoms with Crippen LogP contribution < -0.4 is 15.2 Å². The molecule has 0 bridgehead atoms. The molecule has 0 aliphatic heterocycles. The minimum Gasteiger partial charge on any atom is -0.493 e. The van der Waals surface area contributed by atoms with E-state index in [0.717, 1.165) is 5.56 Å². The van der Waals surface area contributed by atoms with Crippen molar-refractivity contribution in [3.63, 3.8) is 0 Å². The van der Waals surface area contributed by atoms with Crippen molar-refractivity contribution in [2.45, 2.75) is 20.0 Å². The minimum atomic E-state index is 0.0570. The van der Waals surface area contributed by atoms with Gasteiger partial charge in [0.2, 0.25) is 0 Å². The summed E-state index contributed by atoms with van der Waals surface area (Å²) in [5.74, 6) is 1.26. The maximum atomic E-state index is 8.92. The summed E-state index contributed by atoms with van der Waals surface area (Å²) in [6.07, 6.45) is 1.67. The average Bonchev–Trinajstić information content (AvgIpc) is 2.36. The predicted molar refractivity (Wildman–Crippen MR) is 79.1 cm³/mol. The van der Waals surface area contributed by atoms with Gasteiger partial charge in [0.25, 0.3) is 0 Å². The minimum absolute atomic E-state index is 0.0570. The molecule has 1 aromatic rings. The molecule has 1 rings (SSSR count). The lowest BCUT2D eigenvalue weighted by atomic mass is 10.1. The van der Waals surface area contributed by atoms with Crippen molar-refractivity contribution in [1.29, 1.82) is 5.26 Å². The van der Waals surface area contributed by atoms with Gasteiger partial charge in [-0.25, -0.2) is 0 Å². The van der Waals surface area contributed by atoms with E-state index in [4.69, 9.17) is 32.7 Å². The van der Waals surface area contributed by atoms with Gasteiger partial charge in [0, 0.05) is 0 Å². The predicted octanol–water partition coefficient (Wildman–Crippen LogP) is 2.68. The number of nitrogens with two attached hydrogens (primary N) is 1. The summed E-state index contributed by atoms with van der Waals surface area (Å²) in [7, 11) is 1.56. The van der Waals surface area contributed by atoms with E-state index in [1.807, 2.05) is 26.0 Å². The van der Waals surface area contributed by atoms with Gasteiger partial charge in [-0.15, -0.1) is 0 Å². The average molecular weight is 276 g/mol. The molecule has 0 spiro atoms. The highest BCUT2D eigenvalue weighted by Crippen LogP contribution is 2.29. The van der Waals surface area contributed by atoms with Crippen LogP contribution in [0.3, 0.4) is 0 Å². The quantitative estimate of drug-likeness (QED) is 0.509. The van der Waals surface area contributed by atoms with Gasteiger partial charge >= 0.3 is 0 Å². The topological polar surface area (TPSA) is 68.3 Å². The molecule has 19 heavy (non-hydrogen) atoms. The van der Waals surface area contributed by atoms with Gasteiger partial charge < -0.3 is 15.2 Å². The second-order valence-electron chi connectivity index (χ2n) is 4.11. The number of hydrogen-bond acceptors (Lipinski definition) is 4. The highest BCUT2D eigenvalue weighted by Gasteiger charge is 2.07. The van der Waals surface area contributed by atoms with E-state index in [1.54, 1.807) is 25.3 Å². The van der Waals surface area contributed by atoms with Crippen molar-refractivity contribution in [2.75, 3.05) is 7.11 Å². The Morgan fingerprint density at radius 2 is 2.11 bits per heavy atom. The molecule has 0 radical (unpaired) electrons. The lowest BCUT2D eigenvalue weighted by Crippen LogP contribution is -2.09. The molecular formula is C14H16N2O2S. The van der Waals surface area contributed by atoms with E-state index in [9.17, 15) is 0 Å². The molecule has 0 amide bonds. The molecule has 0 aliphatic rings. The molecule has 0 fully saturated rings. The Kier molecular flexibility index (Phi) is 5.34. The van der Waals surface area contributed by atoms with Crippen LogP contribution >= 0.6 is 12.2 Å². The summed E-state index contributed by atoms with van der Waals surface area (Å²) >= 11 is 4.79. The van der Waals surface area contributed by atoms with Gasteiger partial charge in [-0.1, -0.05) is 18.3 Å². The zero-order chi connectivity index (χ0) is 14.4. The number of rotatable bonds is 5. The Balaban J connectivity index is 3.14. The molecule has 100 valence electrons. The van der Waals surface area contributed by atoms with E-state index in [-0.39, 0.29) is 16.7 Å². The van der Waals surface area contributed by atoms with Crippen LogP contribution in [0.2, 0.25) is 0 Å². The van der Waals surface area contributed by atoms with Gasteiger partial charge in [0.1, 0.15) is 11.1 Å². The third kappa shape index (κ3) is 4.27. The summed E-state index contributed by atoms with van der Waals surface area (Å²) < 4.78 is 10.9. The molecular weight excluding hydrogens is 260 g/mol. The highest BCUT2D eigenvalue weighted by atomic mass is 32.1. The lowest BCUT2D eigenvalue weighted by Gasteiger charge is -2.13. The Morgan fingerprint density at radius 3 is 2.58 bits per heavy atom. The first-order valence-corrected chi connectivity index (χ1v) is 6.15. The van der Waals surface area contributed by atoms with Crippen LogP contribution in [-0.4, -0.2) is 18.2 Å². The molecule has 4 nitrogen and oxygen atoms in total. The van der Waals surface area contributed by atoms with Crippen LogP contribution in [0.4, 0.5) is 0 Å². The highest BCUT2D eigenvalue weighted by molar-refractivity contribution is 7.80. The first-order valence-electron chi connectivity index (χ1n) is 5.74. The fraction of sp³-hybridized carbons (Fsp3) is 0.286. The van der Waals surface area contributed by atoms with Crippen LogP contribution in [0.25, 0.3) is 6.08 Å². The van der Waals surface area contributed by atoms with E-state index in [2.05, 4.69) is 0 Å². The summed E-state index contributed by atoms with van der Waals surface area (Å²) in [4.78, 5) is 0.0731. The Hall–Kier alpha value is -2.06. The first-order chi connectivity index (χ1) is 8.97. The largest absolute Gasteiger partial charge is 0.493 e. The van der Waals surface area contributed by atoms with Crippen molar-refractivity contribution < 1.29 is 9.47 Å².